The van der Waals surface area contributed by atoms with Gasteiger partial charge in [0.05, 0.1) is 5.56 Å². The normalized spacial score (nSPS) is 10.9. The fourth-order valence-corrected chi connectivity index (χ4v) is 2.92. The van der Waals surface area contributed by atoms with Crippen molar-refractivity contribution in [3.8, 4) is 11.8 Å². The van der Waals surface area contributed by atoms with E-state index >= 15 is 0 Å². The molecule has 0 aliphatic heterocycles. The predicted octanol–water partition coefficient (Wildman–Crippen LogP) is 3.55. The molecule has 0 spiro atoms. The standard InChI is InChI=1S/C16H17ClN2OS.C2H2O4/c1-19-7-2-3-15(13-6-8-21-11-13)20-16-9-14(17)5-4-12(16)10-18;3-1(4)2(5)6/h4-6,8-9,11,15,19H,2-3,7H2,1H3;(H,3,4)(H,5,6). The summed E-state index contributed by atoms with van der Waals surface area (Å²) in [7, 11) is 1.94. The number of rotatable bonds is 7. The molecule has 0 saturated carbocycles. The molecule has 1 aromatic carbocycles. The van der Waals surface area contributed by atoms with Gasteiger partial charge in [-0.05, 0) is 55.4 Å². The van der Waals surface area contributed by atoms with Crippen molar-refractivity contribution in [2.24, 2.45) is 0 Å². The Labute approximate surface area is 165 Å². The summed E-state index contributed by atoms with van der Waals surface area (Å²) >= 11 is 7.66. The Balaban J connectivity index is 0.000000527. The number of halogens is 1. The Morgan fingerprint density at radius 1 is 1.33 bits per heavy atom. The molecular weight excluding hydrogens is 392 g/mol. The summed E-state index contributed by atoms with van der Waals surface area (Å²) in [6.45, 7) is 0.935. The Kier molecular flexibility index (Phi) is 9.90. The Morgan fingerprint density at radius 2 is 2.04 bits per heavy atom. The topological polar surface area (TPSA) is 120 Å². The number of benzene rings is 1. The lowest BCUT2D eigenvalue weighted by Gasteiger charge is -2.19. The maximum absolute atomic E-state index is 9.19. The van der Waals surface area contributed by atoms with Gasteiger partial charge in [-0.25, -0.2) is 9.59 Å². The Bertz CT molecular complexity index is 778. The van der Waals surface area contributed by atoms with Gasteiger partial charge >= 0.3 is 11.9 Å². The molecule has 9 heteroatoms. The molecule has 1 atom stereocenters. The average molecular weight is 411 g/mol. The number of carboxylic acid groups (broad SMARTS) is 2. The second kappa shape index (κ2) is 11.9. The largest absolute Gasteiger partial charge is 0.484 e. The number of hydrogen-bond acceptors (Lipinski definition) is 6. The number of hydrogen-bond donors (Lipinski definition) is 3. The zero-order valence-electron chi connectivity index (χ0n) is 14.5. The van der Waals surface area contributed by atoms with Gasteiger partial charge in [-0.15, -0.1) is 0 Å². The average Bonchev–Trinajstić information content (AvgIpc) is 3.16. The quantitative estimate of drug-likeness (QED) is 0.471. The van der Waals surface area contributed by atoms with Gasteiger partial charge < -0.3 is 20.3 Å². The molecule has 0 aliphatic rings. The molecule has 0 amide bonds. The molecule has 0 fully saturated rings. The molecule has 144 valence electrons. The van der Waals surface area contributed by atoms with Gasteiger partial charge in [0.25, 0.3) is 0 Å². The van der Waals surface area contributed by atoms with Crippen molar-refractivity contribution in [1.82, 2.24) is 5.32 Å². The summed E-state index contributed by atoms with van der Waals surface area (Å²) in [4.78, 5) is 18.2. The highest BCUT2D eigenvalue weighted by Crippen LogP contribution is 2.31. The van der Waals surface area contributed by atoms with Crippen LogP contribution in [0.2, 0.25) is 5.02 Å². The molecule has 7 nitrogen and oxygen atoms in total. The van der Waals surface area contributed by atoms with Crippen molar-refractivity contribution in [1.29, 1.82) is 5.26 Å². The summed E-state index contributed by atoms with van der Waals surface area (Å²) < 4.78 is 6.08. The SMILES string of the molecule is CNCCCC(Oc1cc(Cl)ccc1C#N)c1ccsc1.O=C(O)C(=O)O. The maximum Gasteiger partial charge on any atom is 0.414 e. The summed E-state index contributed by atoms with van der Waals surface area (Å²) in [5.41, 5.74) is 1.65. The van der Waals surface area contributed by atoms with Gasteiger partial charge in [0, 0.05) is 16.7 Å². The van der Waals surface area contributed by atoms with Crippen molar-refractivity contribution < 1.29 is 24.5 Å². The number of thiophene rings is 1. The first-order valence-corrected chi connectivity index (χ1v) is 9.20. The van der Waals surface area contributed by atoms with E-state index in [0.29, 0.717) is 16.3 Å². The van der Waals surface area contributed by atoms with E-state index in [4.69, 9.17) is 36.1 Å². The highest BCUT2D eigenvalue weighted by Gasteiger charge is 2.16. The third kappa shape index (κ3) is 8.09. The Morgan fingerprint density at radius 3 is 2.56 bits per heavy atom. The molecule has 0 bridgehead atoms. The lowest BCUT2D eigenvalue weighted by atomic mass is 10.1. The van der Waals surface area contributed by atoms with Crippen molar-refractivity contribution >= 4 is 34.9 Å². The van der Waals surface area contributed by atoms with Crippen LogP contribution < -0.4 is 10.1 Å². The van der Waals surface area contributed by atoms with Crippen LogP contribution in [0.15, 0.2) is 35.0 Å². The summed E-state index contributed by atoms with van der Waals surface area (Å²) in [5, 5.41) is 31.8. The second-order valence-corrected chi connectivity index (χ2v) is 6.49. The molecule has 3 N–H and O–H groups in total. The second-order valence-electron chi connectivity index (χ2n) is 5.27. The van der Waals surface area contributed by atoms with Gasteiger partial charge in [0.1, 0.15) is 17.9 Å². The minimum atomic E-state index is -1.82. The van der Waals surface area contributed by atoms with Crippen LogP contribution in [-0.2, 0) is 9.59 Å². The lowest BCUT2D eigenvalue weighted by molar-refractivity contribution is -0.159. The molecule has 0 saturated heterocycles. The summed E-state index contributed by atoms with van der Waals surface area (Å²) in [5.74, 6) is -3.10. The van der Waals surface area contributed by atoms with Gasteiger partial charge in [0.15, 0.2) is 0 Å². The number of nitrogens with zero attached hydrogens (tertiary/aromatic N) is 1. The van der Waals surface area contributed by atoms with E-state index in [2.05, 4.69) is 22.8 Å². The smallest absolute Gasteiger partial charge is 0.414 e. The third-order valence-corrected chi connectivity index (χ3v) is 4.26. The van der Waals surface area contributed by atoms with E-state index in [1.54, 1.807) is 29.5 Å². The maximum atomic E-state index is 9.19. The van der Waals surface area contributed by atoms with Gasteiger partial charge in [0.2, 0.25) is 0 Å². The van der Waals surface area contributed by atoms with Gasteiger partial charge in [-0.2, -0.15) is 16.6 Å². The molecule has 1 unspecified atom stereocenters. The van der Waals surface area contributed by atoms with E-state index in [1.165, 1.54) is 0 Å². The lowest BCUT2D eigenvalue weighted by Crippen LogP contribution is -2.13. The fraction of sp³-hybridized carbons (Fsp3) is 0.278. The van der Waals surface area contributed by atoms with E-state index < -0.39 is 11.9 Å². The first kappa shape index (κ1) is 22.4. The summed E-state index contributed by atoms with van der Waals surface area (Å²) in [6.07, 6.45) is 1.82. The molecule has 1 aromatic heterocycles. The van der Waals surface area contributed by atoms with Gasteiger partial charge in [-0.3, -0.25) is 0 Å². The van der Waals surface area contributed by atoms with E-state index in [0.717, 1.165) is 24.9 Å². The third-order valence-electron chi connectivity index (χ3n) is 3.32. The molecule has 0 aliphatic carbocycles. The first-order chi connectivity index (χ1) is 12.9. The number of carboxylic acids is 2. The van der Waals surface area contributed by atoms with Crippen molar-refractivity contribution in [3.05, 3.63) is 51.2 Å². The van der Waals surface area contributed by atoms with E-state index in [-0.39, 0.29) is 6.10 Å². The highest BCUT2D eigenvalue weighted by atomic mass is 35.5. The van der Waals surface area contributed by atoms with Crippen molar-refractivity contribution in [2.75, 3.05) is 13.6 Å². The molecule has 2 rings (SSSR count). The van der Waals surface area contributed by atoms with Crippen LogP contribution in [0.1, 0.15) is 30.1 Å². The predicted molar refractivity (Wildman–Crippen MR) is 102 cm³/mol. The van der Waals surface area contributed by atoms with Crippen LogP contribution >= 0.6 is 22.9 Å². The van der Waals surface area contributed by atoms with Crippen molar-refractivity contribution in [3.63, 3.8) is 0 Å². The zero-order chi connectivity index (χ0) is 20.2. The van der Waals surface area contributed by atoms with Crippen LogP contribution in [0.3, 0.4) is 0 Å². The minimum absolute atomic E-state index is 0.0600. The first-order valence-electron chi connectivity index (χ1n) is 7.88. The van der Waals surface area contributed by atoms with Crippen LogP contribution in [0, 0.1) is 11.3 Å². The molecule has 2 aromatic rings. The monoisotopic (exact) mass is 410 g/mol. The summed E-state index contributed by atoms with van der Waals surface area (Å²) in [6, 6.07) is 9.31. The minimum Gasteiger partial charge on any atom is -0.484 e. The number of nitrogens with one attached hydrogen (secondary N) is 1. The van der Waals surface area contributed by atoms with Crippen LogP contribution in [0.4, 0.5) is 0 Å². The number of ether oxygens (including phenoxy) is 1. The number of aliphatic carboxylic acids is 2. The number of carbonyl (C=O) groups is 2. The molecular formula is C18H19ClN2O5S. The molecule has 1 heterocycles. The van der Waals surface area contributed by atoms with Crippen LogP contribution in [-0.4, -0.2) is 35.7 Å². The van der Waals surface area contributed by atoms with Crippen molar-refractivity contribution in [2.45, 2.75) is 18.9 Å². The van der Waals surface area contributed by atoms with Crippen LogP contribution in [0.25, 0.3) is 0 Å². The fourth-order valence-electron chi connectivity index (χ4n) is 2.06. The van der Waals surface area contributed by atoms with E-state index in [9.17, 15) is 5.26 Å². The molecule has 0 radical (unpaired) electrons. The van der Waals surface area contributed by atoms with E-state index in [1.807, 2.05) is 12.4 Å². The zero-order valence-corrected chi connectivity index (χ0v) is 16.1. The Hall–Kier alpha value is -2.60. The van der Waals surface area contributed by atoms with Gasteiger partial charge in [-0.1, -0.05) is 11.6 Å². The number of nitriles is 1. The van der Waals surface area contributed by atoms with Crippen LogP contribution in [0.5, 0.6) is 5.75 Å². The molecule has 27 heavy (non-hydrogen) atoms. The highest BCUT2D eigenvalue weighted by molar-refractivity contribution is 7.07.